The molecule has 1 N–H and O–H groups in total. The minimum atomic E-state index is 0.558. The molecule has 0 spiro atoms. The fraction of sp³-hybridized carbons (Fsp3) is 0.375. The van der Waals surface area contributed by atoms with E-state index in [1.807, 2.05) is 12.1 Å². The number of hydrogen-bond acceptors (Lipinski definition) is 4. The normalized spacial score (nSPS) is 13.1. The van der Waals surface area contributed by atoms with Gasteiger partial charge in [0, 0.05) is 11.4 Å². The molecule has 0 unspecified atom stereocenters. The second-order valence-corrected chi connectivity index (χ2v) is 5.11. The third-order valence-corrected chi connectivity index (χ3v) is 3.60. The molecule has 0 amide bonds. The summed E-state index contributed by atoms with van der Waals surface area (Å²) in [7, 11) is 1.64. The third kappa shape index (κ3) is 2.63. The fourth-order valence-corrected chi connectivity index (χ4v) is 2.52. The molecule has 0 saturated heterocycles. The number of aromatic nitrogens is 1. The van der Waals surface area contributed by atoms with Gasteiger partial charge in [0.05, 0.1) is 13.7 Å². The topological polar surface area (TPSA) is 44.7 Å². The Morgan fingerprint density at radius 2 is 1.86 bits per heavy atom. The molecule has 0 aliphatic carbocycles. The molecule has 5 heteroatoms. The Labute approximate surface area is 124 Å². The number of ether oxygens (including phenoxy) is 3. The molecule has 1 aromatic carbocycles. The largest absolute Gasteiger partial charge is 0.493 e. The Morgan fingerprint density at radius 1 is 1.14 bits per heavy atom. The Balaban J connectivity index is 1.82. The lowest BCUT2D eigenvalue weighted by Crippen LogP contribution is -2.18. The zero-order valence-electron chi connectivity index (χ0n) is 12.6. The smallest absolute Gasteiger partial charge is 0.203 e. The Kier molecular flexibility index (Phi) is 3.64. The Bertz CT molecular complexity index is 612. The van der Waals surface area contributed by atoms with Gasteiger partial charge in [-0.05, 0) is 43.7 Å². The SMILES string of the molecule is COc1cc(CNn2c(C)ccc2C)cc2c1OCCO2. The summed E-state index contributed by atoms with van der Waals surface area (Å²) < 4.78 is 18.7. The maximum absolute atomic E-state index is 5.65. The van der Waals surface area contributed by atoms with Crippen LogP contribution in [-0.2, 0) is 6.54 Å². The van der Waals surface area contributed by atoms with Crippen molar-refractivity contribution in [2.45, 2.75) is 20.4 Å². The van der Waals surface area contributed by atoms with Gasteiger partial charge in [-0.2, -0.15) is 0 Å². The number of rotatable bonds is 4. The predicted octanol–water partition coefficient (Wildman–Crippen LogP) is 2.63. The summed E-state index contributed by atoms with van der Waals surface area (Å²) in [6.45, 7) is 5.96. The van der Waals surface area contributed by atoms with Crippen LogP contribution in [0.15, 0.2) is 24.3 Å². The van der Waals surface area contributed by atoms with Crippen molar-refractivity contribution >= 4 is 0 Å². The van der Waals surface area contributed by atoms with Gasteiger partial charge < -0.3 is 19.6 Å². The molecular formula is C16H20N2O3. The van der Waals surface area contributed by atoms with Gasteiger partial charge in [0.1, 0.15) is 13.2 Å². The first-order valence-electron chi connectivity index (χ1n) is 7.04. The molecule has 112 valence electrons. The number of fused-ring (bicyclic) bond motifs is 1. The number of aryl methyl sites for hydroxylation is 2. The monoisotopic (exact) mass is 288 g/mol. The molecule has 0 fully saturated rings. The number of hydrogen-bond donors (Lipinski definition) is 1. The van der Waals surface area contributed by atoms with Crippen molar-refractivity contribution in [2.75, 3.05) is 25.7 Å². The minimum Gasteiger partial charge on any atom is -0.493 e. The number of benzene rings is 1. The molecule has 1 aliphatic heterocycles. The van der Waals surface area contributed by atoms with Crippen LogP contribution in [0.1, 0.15) is 17.0 Å². The van der Waals surface area contributed by atoms with Crippen molar-refractivity contribution in [3.63, 3.8) is 0 Å². The average Bonchev–Trinajstić information content (AvgIpc) is 2.83. The first-order chi connectivity index (χ1) is 10.2. The van der Waals surface area contributed by atoms with E-state index in [0.29, 0.717) is 31.3 Å². The highest BCUT2D eigenvalue weighted by Gasteiger charge is 2.18. The van der Waals surface area contributed by atoms with Crippen molar-refractivity contribution in [1.82, 2.24) is 4.68 Å². The summed E-state index contributed by atoms with van der Waals surface area (Å²) in [5.74, 6) is 2.16. The molecule has 3 rings (SSSR count). The van der Waals surface area contributed by atoms with Gasteiger partial charge in [-0.3, -0.25) is 4.68 Å². The maximum atomic E-state index is 5.65. The van der Waals surface area contributed by atoms with Crippen molar-refractivity contribution in [2.24, 2.45) is 0 Å². The van der Waals surface area contributed by atoms with E-state index in [1.54, 1.807) is 7.11 Å². The summed E-state index contributed by atoms with van der Waals surface area (Å²) in [4.78, 5) is 0. The molecule has 0 atom stereocenters. The first-order valence-corrected chi connectivity index (χ1v) is 7.04. The highest BCUT2D eigenvalue weighted by Crippen LogP contribution is 2.40. The lowest BCUT2D eigenvalue weighted by molar-refractivity contribution is 0.165. The van der Waals surface area contributed by atoms with Gasteiger partial charge >= 0.3 is 0 Å². The van der Waals surface area contributed by atoms with E-state index in [4.69, 9.17) is 14.2 Å². The number of nitrogens with one attached hydrogen (secondary N) is 1. The predicted molar refractivity (Wildman–Crippen MR) is 81.0 cm³/mol. The average molecular weight is 288 g/mol. The first kappa shape index (κ1) is 13.7. The fourth-order valence-electron chi connectivity index (χ4n) is 2.52. The van der Waals surface area contributed by atoms with Crippen molar-refractivity contribution in [3.05, 3.63) is 41.2 Å². The van der Waals surface area contributed by atoms with E-state index >= 15 is 0 Å². The number of methoxy groups -OCH3 is 1. The standard InChI is InChI=1S/C16H20N2O3/c1-11-4-5-12(2)18(11)17-10-13-8-14(19-3)16-15(9-13)20-6-7-21-16/h4-5,8-9,17H,6-7,10H2,1-3H3. The van der Waals surface area contributed by atoms with Crippen molar-refractivity contribution in [3.8, 4) is 17.2 Å². The molecule has 2 heterocycles. The molecule has 1 aromatic heterocycles. The zero-order valence-corrected chi connectivity index (χ0v) is 12.6. The van der Waals surface area contributed by atoms with Crippen LogP contribution in [-0.4, -0.2) is 25.0 Å². The van der Waals surface area contributed by atoms with Crippen LogP contribution < -0.4 is 19.6 Å². The van der Waals surface area contributed by atoms with E-state index in [2.05, 4.69) is 36.1 Å². The van der Waals surface area contributed by atoms with Gasteiger partial charge in [-0.15, -0.1) is 0 Å². The van der Waals surface area contributed by atoms with E-state index in [9.17, 15) is 0 Å². The van der Waals surface area contributed by atoms with Crippen molar-refractivity contribution < 1.29 is 14.2 Å². The van der Waals surface area contributed by atoms with Gasteiger partial charge in [-0.25, -0.2) is 0 Å². The summed E-state index contributed by atoms with van der Waals surface area (Å²) >= 11 is 0. The quantitative estimate of drug-likeness (QED) is 0.939. The van der Waals surface area contributed by atoms with Crippen LogP contribution >= 0.6 is 0 Å². The summed E-state index contributed by atoms with van der Waals surface area (Å²) in [5, 5.41) is 0. The highest BCUT2D eigenvalue weighted by molar-refractivity contribution is 5.54. The Hall–Kier alpha value is -2.30. The summed E-state index contributed by atoms with van der Waals surface area (Å²) in [6.07, 6.45) is 0. The lowest BCUT2D eigenvalue weighted by atomic mass is 10.1. The van der Waals surface area contributed by atoms with Crippen LogP contribution in [0.5, 0.6) is 17.2 Å². The molecule has 0 bridgehead atoms. The van der Waals surface area contributed by atoms with Gasteiger partial charge in [0.25, 0.3) is 0 Å². The van der Waals surface area contributed by atoms with Gasteiger partial charge in [0.2, 0.25) is 5.75 Å². The lowest BCUT2D eigenvalue weighted by Gasteiger charge is -2.22. The minimum absolute atomic E-state index is 0.558. The van der Waals surface area contributed by atoms with Crippen LogP contribution in [0.2, 0.25) is 0 Å². The molecule has 2 aromatic rings. The van der Waals surface area contributed by atoms with Crippen molar-refractivity contribution in [1.29, 1.82) is 0 Å². The zero-order chi connectivity index (χ0) is 14.8. The third-order valence-electron chi connectivity index (χ3n) is 3.60. The van der Waals surface area contributed by atoms with E-state index < -0.39 is 0 Å². The van der Waals surface area contributed by atoms with Crippen LogP contribution in [0, 0.1) is 13.8 Å². The molecule has 0 radical (unpaired) electrons. The second-order valence-electron chi connectivity index (χ2n) is 5.11. The molecule has 0 saturated carbocycles. The summed E-state index contributed by atoms with van der Waals surface area (Å²) in [6, 6.07) is 8.16. The molecule has 1 aliphatic rings. The van der Waals surface area contributed by atoms with Crippen LogP contribution in [0.4, 0.5) is 0 Å². The van der Waals surface area contributed by atoms with E-state index in [0.717, 1.165) is 11.3 Å². The van der Waals surface area contributed by atoms with Crippen LogP contribution in [0.25, 0.3) is 0 Å². The molecular weight excluding hydrogens is 268 g/mol. The molecule has 21 heavy (non-hydrogen) atoms. The maximum Gasteiger partial charge on any atom is 0.203 e. The second kappa shape index (κ2) is 5.60. The van der Waals surface area contributed by atoms with E-state index in [-0.39, 0.29) is 0 Å². The number of nitrogens with zero attached hydrogens (tertiary/aromatic N) is 1. The summed E-state index contributed by atoms with van der Waals surface area (Å²) in [5.41, 5.74) is 6.84. The van der Waals surface area contributed by atoms with Gasteiger partial charge in [-0.1, -0.05) is 0 Å². The Morgan fingerprint density at radius 3 is 2.57 bits per heavy atom. The van der Waals surface area contributed by atoms with Gasteiger partial charge in [0.15, 0.2) is 11.5 Å². The highest BCUT2D eigenvalue weighted by atomic mass is 16.6. The molecule has 5 nitrogen and oxygen atoms in total. The van der Waals surface area contributed by atoms with E-state index in [1.165, 1.54) is 11.4 Å². The van der Waals surface area contributed by atoms with Crippen LogP contribution in [0.3, 0.4) is 0 Å².